The van der Waals surface area contributed by atoms with E-state index in [4.69, 9.17) is 14.2 Å². The third-order valence-electron chi connectivity index (χ3n) is 9.07. The van der Waals surface area contributed by atoms with Gasteiger partial charge < -0.3 is 30.0 Å². The Morgan fingerprint density at radius 2 is 1.54 bits per heavy atom. The number of imide groups is 1. The molecule has 0 saturated heterocycles. The summed E-state index contributed by atoms with van der Waals surface area (Å²) in [5.74, 6) is -2.32. The van der Waals surface area contributed by atoms with Crippen molar-refractivity contribution in [2.75, 3.05) is 22.6 Å². The number of ether oxygens (including phenoxy) is 3. The number of sulfone groups is 1. The number of hydrogen-bond donors (Lipinski definition) is 3. The third kappa shape index (κ3) is 11.2. The normalized spacial score (nSPS) is 13.6. The molecule has 14 nitrogen and oxygen atoms in total. The zero-order valence-corrected chi connectivity index (χ0v) is 35.3. The predicted octanol–water partition coefficient (Wildman–Crippen LogP) is 8.76. The summed E-state index contributed by atoms with van der Waals surface area (Å²) in [7, 11) is -1.98. The fourth-order valence-electron chi connectivity index (χ4n) is 6.33. The molecule has 1 fully saturated rings. The Bertz CT molecular complexity index is 2340. The molecule has 0 aliphatic heterocycles. The Morgan fingerprint density at radius 3 is 2.12 bits per heavy atom. The van der Waals surface area contributed by atoms with Crippen LogP contribution in [-0.4, -0.2) is 66.1 Å². The van der Waals surface area contributed by atoms with Crippen molar-refractivity contribution < 1.29 is 51.3 Å². The Morgan fingerprint density at radius 1 is 0.898 bits per heavy atom. The number of methoxy groups -OCH3 is 1. The molecule has 1 unspecified atom stereocenters. The minimum absolute atomic E-state index is 0.0208. The number of rotatable bonds is 14. The van der Waals surface area contributed by atoms with E-state index < -0.39 is 51.1 Å². The van der Waals surface area contributed by atoms with Crippen LogP contribution in [-0.2, 0) is 41.7 Å². The zero-order chi connectivity index (χ0) is 43.4. The highest BCUT2D eigenvalue weighted by Crippen LogP contribution is 2.37. The molecule has 1 atom stereocenters. The number of amides is 3. The maximum absolute atomic E-state index is 15.4. The van der Waals surface area contributed by atoms with Crippen molar-refractivity contribution >= 4 is 61.9 Å². The quantitative estimate of drug-likeness (QED) is 0.110. The van der Waals surface area contributed by atoms with Crippen LogP contribution in [0.3, 0.4) is 0 Å². The standard InChI is InChI=1S/C43H51FN4O10S/c1-9-10-26-21-28(13-17-35(26)59(54,55)31-14-15-31)46-36(49)18-11-25-19-27(22-30(20-25)56-8)37(39(50)51)47-29-12-16-32-33(23-29)34(44)24-45-38(32)48(40(52)57-42(2,3)4)41(53)58-43(5,6)7/h12-13,16-17,19-24,31,37,47H,9-11,14-15,18H2,1-8H3,(H,46,49)(H,50,51). The van der Waals surface area contributed by atoms with Gasteiger partial charge in [0.25, 0.3) is 0 Å². The highest BCUT2D eigenvalue weighted by molar-refractivity contribution is 7.92. The number of carbonyl (C=O) groups excluding carboxylic acids is 3. The van der Waals surface area contributed by atoms with Crippen molar-refractivity contribution in [1.29, 1.82) is 0 Å². The summed E-state index contributed by atoms with van der Waals surface area (Å²) in [6.45, 7) is 11.7. The van der Waals surface area contributed by atoms with Crippen LogP contribution in [0.2, 0.25) is 0 Å². The number of nitrogens with zero attached hydrogens (tertiary/aromatic N) is 2. The molecule has 0 spiro atoms. The largest absolute Gasteiger partial charge is 0.497 e. The zero-order valence-electron chi connectivity index (χ0n) is 34.5. The number of hydrogen-bond acceptors (Lipinski definition) is 11. The first-order valence-electron chi connectivity index (χ1n) is 19.3. The molecule has 0 bridgehead atoms. The lowest BCUT2D eigenvalue weighted by Gasteiger charge is -2.28. The van der Waals surface area contributed by atoms with E-state index in [1.807, 2.05) is 6.92 Å². The second-order valence-electron chi connectivity index (χ2n) is 16.4. The van der Waals surface area contributed by atoms with Gasteiger partial charge in [0.1, 0.15) is 22.8 Å². The summed E-state index contributed by atoms with van der Waals surface area (Å²) < 4.78 is 57.8. The molecular weight excluding hydrogens is 784 g/mol. The Kier molecular flexibility index (Phi) is 13.2. The van der Waals surface area contributed by atoms with Gasteiger partial charge in [0.2, 0.25) is 5.91 Å². The molecule has 1 aliphatic rings. The van der Waals surface area contributed by atoms with Crippen LogP contribution in [0.15, 0.2) is 65.7 Å². The van der Waals surface area contributed by atoms with Gasteiger partial charge in [0, 0.05) is 28.6 Å². The summed E-state index contributed by atoms with van der Waals surface area (Å²) in [4.78, 5) is 57.5. The number of benzene rings is 3. The monoisotopic (exact) mass is 834 g/mol. The molecule has 3 N–H and O–H groups in total. The smallest absolute Gasteiger partial charge is 0.425 e. The summed E-state index contributed by atoms with van der Waals surface area (Å²) in [5, 5.41) is 15.8. The fraction of sp³-hybridized carbons (Fsp3) is 0.419. The van der Waals surface area contributed by atoms with E-state index in [9.17, 15) is 32.7 Å². The molecule has 3 amide bonds. The van der Waals surface area contributed by atoms with Crippen LogP contribution in [0, 0.1) is 5.82 Å². The number of carboxylic acid groups (broad SMARTS) is 1. The van der Waals surface area contributed by atoms with Crippen LogP contribution in [0.25, 0.3) is 10.8 Å². The van der Waals surface area contributed by atoms with Crippen LogP contribution < -0.4 is 20.3 Å². The molecule has 1 aliphatic carbocycles. The van der Waals surface area contributed by atoms with Crippen molar-refractivity contribution in [3.05, 3.63) is 83.3 Å². The lowest BCUT2D eigenvalue weighted by atomic mass is 10.00. The maximum atomic E-state index is 15.4. The Labute approximate surface area is 343 Å². The van der Waals surface area contributed by atoms with E-state index >= 15 is 4.39 Å². The predicted molar refractivity (Wildman–Crippen MR) is 221 cm³/mol. The second kappa shape index (κ2) is 17.6. The molecule has 1 heterocycles. The number of carbonyl (C=O) groups is 4. The highest BCUT2D eigenvalue weighted by atomic mass is 32.2. The number of carboxylic acids is 1. The van der Waals surface area contributed by atoms with Crippen molar-refractivity contribution in [3.8, 4) is 5.75 Å². The van der Waals surface area contributed by atoms with Crippen LogP contribution >= 0.6 is 0 Å². The van der Waals surface area contributed by atoms with E-state index in [0.29, 0.717) is 51.6 Å². The van der Waals surface area contributed by atoms with Crippen LogP contribution in [0.1, 0.15) is 96.9 Å². The third-order valence-corrected chi connectivity index (χ3v) is 11.4. The van der Waals surface area contributed by atoms with Crippen molar-refractivity contribution in [3.63, 3.8) is 0 Å². The van der Waals surface area contributed by atoms with Crippen molar-refractivity contribution in [1.82, 2.24) is 4.98 Å². The van der Waals surface area contributed by atoms with Gasteiger partial charge in [-0.15, -0.1) is 0 Å². The highest BCUT2D eigenvalue weighted by Gasteiger charge is 2.38. The number of nitrogens with one attached hydrogen (secondary N) is 2. The first-order valence-corrected chi connectivity index (χ1v) is 20.8. The molecule has 16 heteroatoms. The Balaban J connectivity index is 1.38. The molecule has 1 aromatic heterocycles. The van der Waals surface area contributed by atoms with Gasteiger partial charge in [0.05, 0.1) is 23.5 Å². The van der Waals surface area contributed by atoms with Gasteiger partial charge in [0.15, 0.2) is 21.7 Å². The van der Waals surface area contributed by atoms with Crippen LogP contribution in [0.5, 0.6) is 5.75 Å². The minimum atomic E-state index is -3.41. The van der Waals surface area contributed by atoms with Gasteiger partial charge >= 0.3 is 18.2 Å². The van der Waals surface area contributed by atoms with Gasteiger partial charge in [-0.1, -0.05) is 19.4 Å². The van der Waals surface area contributed by atoms with Gasteiger partial charge in [-0.3, -0.25) is 4.79 Å². The molecular formula is C43H51FN4O10S. The number of aliphatic carboxylic acids is 1. The second-order valence-corrected chi connectivity index (χ2v) is 18.6. The number of fused-ring (bicyclic) bond motifs is 1. The summed E-state index contributed by atoms with van der Waals surface area (Å²) in [5.41, 5.74) is 0.202. The molecule has 0 radical (unpaired) electrons. The van der Waals surface area contributed by atoms with E-state index in [0.717, 1.165) is 12.6 Å². The average molecular weight is 835 g/mol. The minimum Gasteiger partial charge on any atom is -0.497 e. The number of halogens is 1. The summed E-state index contributed by atoms with van der Waals surface area (Å²) in [6, 6.07) is 12.5. The molecule has 3 aromatic carbocycles. The number of anilines is 3. The number of aryl methyl sites for hydroxylation is 2. The van der Waals surface area contributed by atoms with E-state index in [1.54, 1.807) is 71.9 Å². The summed E-state index contributed by atoms with van der Waals surface area (Å²) >= 11 is 0. The van der Waals surface area contributed by atoms with E-state index in [1.165, 1.54) is 31.4 Å². The van der Waals surface area contributed by atoms with Gasteiger partial charge in [-0.05, 0) is 132 Å². The van der Waals surface area contributed by atoms with Crippen molar-refractivity contribution in [2.45, 2.75) is 114 Å². The Hall–Kier alpha value is -5.77. The SMILES string of the molecule is CCCc1cc(NC(=O)CCc2cc(OC)cc(C(Nc3ccc4c(N(C(=O)OC(C)(C)C)C(=O)OC(C)(C)C)ncc(F)c4c3)C(=O)O)c2)ccc1S(=O)(=O)C1CC1. The first kappa shape index (κ1) is 44.3. The molecule has 59 heavy (non-hydrogen) atoms. The molecule has 5 rings (SSSR count). The lowest BCUT2D eigenvalue weighted by Crippen LogP contribution is -2.44. The topological polar surface area (TPSA) is 191 Å². The van der Waals surface area contributed by atoms with Crippen molar-refractivity contribution in [2.24, 2.45) is 0 Å². The lowest BCUT2D eigenvalue weighted by molar-refractivity contribution is -0.138. The average Bonchev–Trinajstić information content (AvgIpc) is 3.99. The van der Waals surface area contributed by atoms with Gasteiger partial charge in [-0.2, -0.15) is 4.90 Å². The van der Waals surface area contributed by atoms with E-state index in [2.05, 4.69) is 15.6 Å². The first-order chi connectivity index (χ1) is 27.6. The van der Waals surface area contributed by atoms with Crippen LogP contribution in [0.4, 0.5) is 31.2 Å². The molecule has 1 saturated carbocycles. The maximum Gasteiger partial charge on any atom is 0.425 e. The fourth-order valence-corrected chi connectivity index (χ4v) is 8.23. The molecule has 4 aromatic rings. The number of pyridine rings is 1. The molecule has 316 valence electrons. The van der Waals surface area contributed by atoms with Gasteiger partial charge in [-0.25, -0.2) is 32.2 Å². The van der Waals surface area contributed by atoms with E-state index in [-0.39, 0.29) is 51.8 Å². The summed E-state index contributed by atoms with van der Waals surface area (Å²) in [6.07, 6.45) is 1.46. The number of aromatic nitrogens is 1.